The Labute approximate surface area is 78.5 Å². The van der Waals surface area contributed by atoms with Gasteiger partial charge in [0.1, 0.15) is 12.4 Å². The van der Waals surface area contributed by atoms with Gasteiger partial charge in [0.2, 0.25) is 0 Å². The van der Waals surface area contributed by atoms with Crippen LogP contribution in [0.1, 0.15) is 18.9 Å². The van der Waals surface area contributed by atoms with Crippen molar-refractivity contribution in [3.8, 4) is 5.75 Å². The van der Waals surface area contributed by atoms with Gasteiger partial charge in [-0.25, -0.2) is 0 Å². The number of aryl methyl sites for hydroxylation is 1. The SMILES string of the molecule is CCC(=O)COc1cccc(C)c1. The second-order valence-corrected chi connectivity index (χ2v) is 3.00. The molecule has 0 fully saturated rings. The van der Waals surface area contributed by atoms with E-state index in [1.54, 1.807) is 0 Å². The van der Waals surface area contributed by atoms with E-state index in [2.05, 4.69) is 0 Å². The van der Waals surface area contributed by atoms with E-state index in [0.717, 1.165) is 11.3 Å². The Kier molecular flexibility index (Phi) is 3.50. The second-order valence-electron chi connectivity index (χ2n) is 3.00. The van der Waals surface area contributed by atoms with Gasteiger partial charge in [-0.05, 0) is 24.6 Å². The Morgan fingerprint density at radius 2 is 2.23 bits per heavy atom. The Hall–Kier alpha value is -1.31. The molecule has 1 rings (SSSR count). The van der Waals surface area contributed by atoms with Gasteiger partial charge >= 0.3 is 0 Å². The lowest BCUT2D eigenvalue weighted by molar-refractivity contribution is -0.120. The molecule has 0 saturated heterocycles. The lowest BCUT2D eigenvalue weighted by Crippen LogP contribution is -2.09. The number of ketones is 1. The average Bonchev–Trinajstić information content (AvgIpc) is 2.14. The normalized spacial score (nSPS) is 9.69. The molecule has 0 heterocycles. The van der Waals surface area contributed by atoms with Gasteiger partial charge in [-0.15, -0.1) is 0 Å². The largest absolute Gasteiger partial charge is 0.486 e. The van der Waals surface area contributed by atoms with Crippen molar-refractivity contribution >= 4 is 5.78 Å². The molecule has 2 nitrogen and oxygen atoms in total. The van der Waals surface area contributed by atoms with Gasteiger partial charge in [0.25, 0.3) is 0 Å². The number of carbonyl (C=O) groups is 1. The summed E-state index contributed by atoms with van der Waals surface area (Å²) in [6.07, 6.45) is 0.534. The van der Waals surface area contributed by atoms with Crippen molar-refractivity contribution < 1.29 is 9.53 Å². The zero-order valence-corrected chi connectivity index (χ0v) is 8.04. The van der Waals surface area contributed by atoms with Crippen LogP contribution in [0.2, 0.25) is 0 Å². The summed E-state index contributed by atoms with van der Waals surface area (Å²) >= 11 is 0. The first kappa shape index (κ1) is 9.78. The summed E-state index contributed by atoms with van der Waals surface area (Å²) in [7, 11) is 0. The molecule has 0 atom stereocenters. The smallest absolute Gasteiger partial charge is 0.169 e. The molecule has 13 heavy (non-hydrogen) atoms. The molecule has 0 aliphatic heterocycles. The molecule has 0 saturated carbocycles. The van der Waals surface area contributed by atoms with Crippen LogP contribution in [0.4, 0.5) is 0 Å². The van der Waals surface area contributed by atoms with E-state index in [4.69, 9.17) is 4.74 Å². The lowest BCUT2D eigenvalue weighted by Gasteiger charge is -2.04. The molecule has 0 amide bonds. The van der Waals surface area contributed by atoms with Crippen LogP contribution < -0.4 is 4.74 Å². The summed E-state index contributed by atoms with van der Waals surface area (Å²) in [4.78, 5) is 10.9. The summed E-state index contributed by atoms with van der Waals surface area (Å²) in [6.45, 7) is 4.01. The Balaban J connectivity index is 2.50. The zero-order chi connectivity index (χ0) is 9.68. The van der Waals surface area contributed by atoms with Crippen LogP contribution in [0.5, 0.6) is 5.75 Å². The lowest BCUT2D eigenvalue weighted by atomic mass is 10.2. The fourth-order valence-electron chi connectivity index (χ4n) is 0.971. The van der Waals surface area contributed by atoms with Gasteiger partial charge in [0.05, 0.1) is 0 Å². The minimum atomic E-state index is 0.126. The first-order valence-corrected chi connectivity index (χ1v) is 4.43. The van der Waals surface area contributed by atoms with E-state index in [1.165, 1.54) is 0 Å². The van der Waals surface area contributed by atoms with Crippen molar-refractivity contribution in [2.75, 3.05) is 6.61 Å². The van der Waals surface area contributed by atoms with Gasteiger partial charge < -0.3 is 4.74 Å². The van der Waals surface area contributed by atoms with Gasteiger partial charge in [-0.1, -0.05) is 19.1 Å². The summed E-state index contributed by atoms with van der Waals surface area (Å²) in [6, 6.07) is 7.69. The van der Waals surface area contributed by atoms with Crippen molar-refractivity contribution in [2.45, 2.75) is 20.3 Å². The van der Waals surface area contributed by atoms with E-state index in [9.17, 15) is 4.79 Å². The molecule has 1 aromatic carbocycles. The number of ether oxygens (including phenoxy) is 1. The molecule has 0 N–H and O–H groups in total. The summed E-state index contributed by atoms with van der Waals surface area (Å²) < 4.78 is 5.29. The van der Waals surface area contributed by atoms with Crippen LogP contribution in [0.3, 0.4) is 0 Å². The number of hydrogen-bond acceptors (Lipinski definition) is 2. The van der Waals surface area contributed by atoms with Gasteiger partial charge in [0, 0.05) is 6.42 Å². The molecule has 2 heteroatoms. The molecule has 1 aromatic rings. The maximum Gasteiger partial charge on any atom is 0.169 e. The van der Waals surface area contributed by atoms with Crippen molar-refractivity contribution in [1.29, 1.82) is 0 Å². The van der Waals surface area contributed by atoms with Crippen LogP contribution in [0, 0.1) is 6.92 Å². The Morgan fingerprint density at radius 1 is 1.46 bits per heavy atom. The summed E-state index contributed by atoms with van der Waals surface area (Å²) in [5.74, 6) is 0.892. The standard InChI is InChI=1S/C11H14O2/c1-3-10(12)8-13-11-6-4-5-9(2)7-11/h4-7H,3,8H2,1-2H3. The van der Waals surface area contributed by atoms with E-state index in [-0.39, 0.29) is 12.4 Å². The molecule has 0 aliphatic carbocycles. The monoisotopic (exact) mass is 178 g/mol. The first-order valence-electron chi connectivity index (χ1n) is 4.43. The number of Topliss-reactive ketones (excluding diaryl/α,β-unsaturated/α-hetero) is 1. The number of rotatable bonds is 4. The number of benzene rings is 1. The fourth-order valence-corrected chi connectivity index (χ4v) is 0.971. The minimum absolute atomic E-state index is 0.126. The highest BCUT2D eigenvalue weighted by atomic mass is 16.5. The molecule has 0 spiro atoms. The number of hydrogen-bond donors (Lipinski definition) is 0. The highest BCUT2D eigenvalue weighted by molar-refractivity contribution is 5.79. The fraction of sp³-hybridized carbons (Fsp3) is 0.364. The molecule has 0 bridgehead atoms. The van der Waals surface area contributed by atoms with E-state index in [0.29, 0.717) is 6.42 Å². The maximum atomic E-state index is 10.9. The van der Waals surface area contributed by atoms with Gasteiger partial charge in [-0.3, -0.25) is 4.79 Å². The quantitative estimate of drug-likeness (QED) is 0.707. The van der Waals surface area contributed by atoms with Crippen LogP contribution in [0.15, 0.2) is 24.3 Å². The third-order valence-electron chi connectivity index (χ3n) is 1.78. The summed E-state index contributed by atoms with van der Waals surface area (Å²) in [5, 5.41) is 0. The predicted octanol–water partition coefficient (Wildman–Crippen LogP) is 2.35. The molecule has 0 aromatic heterocycles. The third-order valence-corrected chi connectivity index (χ3v) is 1.78. The molecule has 0 radical (unpaired) electrons. The van der Waals surface area contributed by atoms with Crippen LogP contribution in [-0.2, 0) is 4.79 Å². The second kappa shape index (κ2) is 4.65. The van der Waals surface area contributed by atoms with E-state index < -0.39 is 0 Å². The maximum absolute atomic E-state index is 10.9. The minimum Gasteiger partial charge on any atom is -0.486 e. The molecular formula is C11H14O2. The third kappa shape index (κ3) is 3.28. The topological polar surface area (TPSA) is 26.3 Å². The van der Waals surface area contributed by atoms with E-state index >= 15 is 0 Å². The highest BCUT2D eigenvalue weighted by Crippen LogP contribution is 2.12. The molecular weight excluding hydrogens is 164 g/mol. The van der Waals surface area contributed by atoms with Gasteiger partial charge in [0.15, 0.2) is 5.78 Å². The zero-order valence-electron chi connectivity index (χ0n) is 8.04. The van der Waals surface area contributed by atoms with Crippen molar-refractivity contribution in [3.63, 3.8) is 0 Å². The summed E-state index contributed by atoms with van der Waals surface area (Å²) in [5.41, 5.74) is 1.14. The van der Waals surface area contributed by atoms with Crippen LogP contribution in [-0.4, -0.2) is 12.4 Å². The molecule has 0 aliphatic rings. The predicted molar refractivity (Wildman–Crippen MR) is 52.0 cm³/mol. The molecule has 0 unspecified atom stereocenters. The van der Waals surface area contributed by atoms with Crippen molar-refractivity contribution in [2.24, 2.45) is 0 Å². The van der Waals surface area contributed by atoms with Crippen LogP contribution >= 0.6 is 0 Å². The van der Waals surface area contributed by atoms with Crippen molar-refractivity contribution in [3.05, 3.63) is 29.8 Å². The van der Waals surface area contributed by atoms with Gasteiger partial charge in [-0.2, -0.15) is 0 Å². The first-order chi connectivity index (χ1) is 6.22. The highest BCUT2D eigenvalue weighted by Gasteiger charge is 1.99. The van der Waals surface area contributed by atoms with Crippen LogP contribution in [0.25, 0.3) is 0 Å². The van der Waals surface area contributed by atoms with Crippen molar-refractivity contribution in [1.82, 2.24) is 0 Å². The Bertz CT molecular complexity index is 292. The molecule has 70 valence electrons. The number of carbonyl (C=O) groups excluding carboxylic acids is 1. The average molecular weight is 178 g/mol. The van der Waals surface area contributed by atoms with E-state index in [1.807, 2.05) is 38.1 Å². The Morgan fingerprint density at radius 3 is 2.85 bits per heavy atom.